The number of nitroso groups, excluding NO2 is 4. The van der Waals surface area contributed by atoms with E-state index in [0.29, 0.717) is 0 Å². The number of rotatable bonds is 8. The maximum absolute atomic E-state index is 9.19. The van der Waals surface area contributed by atoms with E-state index < -0.39 is 50.1 Å². The van der Waals surface area contributed by atoms with E-state index in [0.717, 1.165) is 0 Å². The van der Waals surface area contributed by atoms with Crippen molar-refractivity contribution in [3.8, 4) is 0 Å². The number of aliphatic carboxylic acids is 4. The molecule has 0 saturated carbocycles. The molecule has 0 rings (SSSR count). The van der Waals surface area contributed by atoms with Crippen molar-refractivity contribution in [2.24, 2.45) is 20.7 Å². The molecule has 0 aliphatic carbocycles. The topological polar surface area (TPSA) is 278 Å². The Labute approximate surface area is 150 Å². The van der Waals surface area contributed by atoms with Crippen molar-refractivity contribution in [3.05, 3.63) is 19.6 Å². The van der Waals surface area contributed by atoms with Gasteiger partial charge in [-0.3, -0.25) is 0 Å². The molecule has 0 heterocycles. The summed E-state index contributed by atoms with van der Waals surface area (Å²) in [6.45, 7) is -3.00. The molecule has 0 fully saturated rings. The molecule has 0 aromatic rings. The first-order valence-electron chi connectivity index (χ1n) is 5.04. The van der Waals surface area contributed by atoms with Gasteiger partial charge in [0, 0.05) is 0 Å². The molecule has 0 radical (unpaired) electrons. The minimum Gasteiger partial charge on any atom is -0.548 e. The average molecular weight is 453 g/mol. The molecule has 0 aliphatic heterocycles. The summed E-state index contributed by atoms with van der Waals surface area (Å²) in [6.07, 6.45) is 0. The van der Waals surface area contributed by atoms with Crippen LogP contribution in [-0.2, 0) is 38.7 Å². The van der Waals surface area contributed by atoms with Crippen LogP contribution in [0.4, 0.5) is 0 Å². The maximum atomic E-state index is 9.19. The van der Waals surface area contributed by atoms with Gasteiger partial charge in [0.2, 0.25) is 0 Å². The second-order valence-corrected chi connectivity index (χ2v) is 2.64. The molecule has 0 atom stereocenters. The fraction of sp³-hybridized carbons (Fsp3) is 0.500. The zero-order valence-electron chi connectivity index (χ0n) is 11.9. The molecule has 0 aliphatic rings. The van der Waals surface area contributed by atoms with Crippen LogP contribution in [0.1, 0.15) is 0 Å². The zero-order chi connectivity index (χ0) is 20.0. The summed E-state index contributed by atoms with van der Waals surface area (Å²) in [4.78, 5) is 72.6. The number of carboxylic acid groups (broad SMARTS) is 4. The smallest absolute Gasteiger partial charge is 0.548 e. The normalized spacial score (nSPS) is 7.04. The standard InChI is InChI=1S/4C2H3NO3.Ru/c4*4-2(5)1-3-6;/h4*1H2,(H,4,5);/q;;;;+4/p-4. The molecule has 0 spiro atoms. The summed E-state index contributed by atoms with van der Waals surface area (Å²) in [5, 5.41) is 44.9. The Morgan fingerprint density at radius 2 is 0.600 bits per heavy atom. The van der Waals surface area contributed by atoms with Crippen LogP contribution >= 0.6 is 0 Å². The van der Waals surface area contributed by atoms with E-state index >= 15 is 0 Å². The Morgan fingerprint density at radius 1 is 0.480 bits per heavy atom. The van der Waals surface area contributed by atoms with Gasteiger partial charge in [-0.15, -0.1) is 0 Å². The van der Waals surface area contributed by atoms with Gasteiger partial charge in [0.05, 0.1) is 23.9 Å². The van der Waals surface area contributed by atoms with Gasteiger partial charge in [-0.1, -0.05) is 20.7 Å². The third-order valence-electron chi connectivity index (χ3n) is 0.775. The molecule has 0 amide bonds. The van der Waals surface area contributed by atoms with Gasteiger partial charge in [0.25, 0.3) is 0 Å². The summed E-state index contributed by atoms with van der Waals surface area (Å²) in [6, 6.07) is 0. The summed E-state index contributed by atoms with van der Waals surface area (Å²) in [5.41, 5.74) is 0. The van der Waals surface area contributed by atoms with Crippen LogP contribution in [0.3, 0.4) is 0 Å². The number of carbonyl (C=O) groups is 4. The Bertz CT molecular complexity index is 363. The Balaban J connectivity index is -0.0000000702. The molecule has 0 aromatic carbocycles. The number of carbonyl (C=O) groups excluding carboxylic acids is 4. The van der Waals surface area contributed by atoms with E-state index in [1.165, 1.54) is 0 Å². The molecule has 16 nitrogen and oxygen atoms in total. The van der Waals surface area contributed by atoms with Crippen molar-refractivity contribution in [2.45, 2.75) is 0 Å². The molecule has 140 valence electrons. The van der Waals surface area contributed by atoms with Crippen molar-refractivity contribution < 1.29 is 59.1 Å². The monoisotopic (exact) mass is 454 g/mol. The predicted molar refractivity (Wildman–Crippen MR) is 62.7 cm³/mol. The SMILES string of the molecule is O=NCC(=O)[O-].O=NCC(=O)[O-].O=NCC(=O)[O-].O=NCC(=O)[O-].[Ru+4]. The summed E-state index contributed by atoms with van der Waals surface area (Å²) in [5.74, 6) is -5.76. The Hall–Kier alpha value is -3.10. The van der Waals surface area contributed by atoms with Crippen molar-refractivity contribution in [1.29, 1.82) is 0 Å². The second kappa shape index (κ2) is 29.0. The first-order valence-corrected chi connectivity index (χ1v) is 5.04. The number of hydrogen-bond donors (Lipinski definition) is 0. The molecule has 0 aromatic heterocycles. The van der Waals surface area contributed by atoms with E-state index in [2.05, 4.69) is 0 Å². The van der Waals surface area contributed by atoms with E-state index in [9.17, 15) is 39.6 Å². The maximum Gasteiger partial charge on any atom is 4.00 e. The fourth-order valence-electron chi connectivity index (χ4n) is 0.211. The Morgan fingerprint density at radius 3 is 0.600 bits per heavy atom. The van der Waals surface area contributed by atoms with Crippen molar-refractivity contribution >= 4 is 23.9 Å². The van der Waals surface area contributed by atoms with Crippen LogP contribution in [0.15, 0.2) is 20.7 Å². The molecule has 0 bridgehead atoms. The largest absolute Gasteiger partial charge is 4.00 e. The summed E-state index contributed by atoms with van der Waals surface area (Å²) >= 11 is 0. The molecule has 0 saturated heterocycles. The fourth-order valence-corrected chi connectivity index (χ4v) is 0.211. The minimum absolute atomic E-state index is 0. The van der Waals surface area contributed by atoms with E-state index in [1.807, 2.05) is 20.7 Å². The number of carboxylic acids is 4. The third kappa shape index (κ3) is 94.2. The van der Waals surface area contributed by atoms with Crippen molar-refractivity contribution in [2.75, 3.05) is 26.2 Å². The summed E-state index contributed by atoms with van der Waals surface area (Å²) in [7, 11) is 0. The van der Waals surface area contributed by atoms with Crippen LogP contribution < -0.4 is 20.4 Å². The van der Waals surface area contributed by atoms with Gasteiger partial charge in [-0.2, -0.15) is 19.6 Å². The molecule has 0 N–H and O–H groups in total. The molecular formula is C8H8N4O12Ru. The first-order chi connectivity index (χ1) is 11.1. The van der Waals surface area contributed by atoms with Gasteiger partial charge in [-0.25, -0.2) is 0 Å². The van der Waals surface area contributed by atoms with Gasteiger partial charge in [0.1, 0.15) is 26.2 Å². The van der Waals surface area contributed by atoms with E-state index in [4.69, 9.17) is 19.6 Å². The average Bonchev–Trinajstić information content (AvgIpc) is 2.39. The van der Waals surface area contributed by atoms with Gasteiger partial charge < -0.3 is 39.6 Å². The van der Waals surface area contributed by atoms with Crippen LogP contribution in [0.5, 0.6) is 0 Å². The Kier molecular flexibility index (Phi) is 38.8. The van der Waals surface area contributed by atoms with Crippen molar-refractivity contribution in [3.63, 3.8) is 0 Å². The zero-order valence-corrected chi connectivity index (χ0v) is 13.6. The summed E-state index contributed by atoms with van der Waals surface area (Å²) < 4.78 is 0. The third-order valence-corrected chi connectivity index (χ3v) is 0.775. The van der Waals surface area contributed by atoms with Crippen molar-refractivity contribution in [1.82, 2.24) is 0 Å². The van der Waals surface area contributed by atoms with Gasteiger partial charge in [-0.05, 0) is 0 Å². The number of hydrogen-bond acceptors (Lipinski definition) is 16. The molecular weight excluding hydrogens is 445 g/mol. The van der Waals surface area contributed by atoms with Crippen LogP contribution in [0.2, 0.25) is 0 Å². The van der Waals surface area contributed by atoms with E-state index in [1.54, 1.807) is 0 Å². The number of nitrogens with zero attached hydrogens (tertiary/aromatic N) is 4. The minimum atomic E-state index is -1.44. The first kappa shape index (κ1) is 33.5. The molecule has 17 heteroatoms. The molecule has 0 unspecified atom stereocenters. The molecule has 25 heavy (non-hydrogen) atoms. The van der Waals surface area contributed by atoms with Gasteiger partial charge >= 0.3 is 19.5 Å². The van der Waals surface area contributed by atoms with E-state index in [-0.39, 0.29) is 19.5 Å². The van der Waals surface area contributed by atoms with Crippen LogP contribution in [0, 0.1) is 19.6 Å². The quantitative estimate of drug-likeness (QED) is 0.245. The predicted octanol–water partition coefficient (Wildman–Crippen LogP) is -5.99. The second-order valence-electron chi connectivity index (χ2n) is 2.64. The van der Waals surface area contributed by atoms with Crippen LogP contribution in [0.25, 0.3) is 0 Å². The van der Waals surface area contributed by atoms with Crippen LogP contribution in [-0.4, -0.2) is 50.1 Å². The van der Waals surface area contributed by atoms with Gasteiger partial charge in [0.15, 0.2) is 0 Å².